The van der Waals surface area contributed by atoms with E-state index in [-0.39, 0.29) is 6.10 Å². The summed E-state index contributed by atoms with van der Waals surface area (Å²) >= 11 is 0. The summed E-state index contributed by atoms with van der Waals surface area (Å²) in [7, 11) is 0. The monoisotopic (exact) mass is 231 g/mol. The van der Waals surface area contributed by atoms with Gasteiger partial charge in [0.1, 0.15) is 18.0 Å². The number of hydrogen-bond acceptors (Lipinski definition) is 4. The number of benzene rings is 1. The molecule has 88 valence electrons. The van der Waals surface area contributed by atoms with Gasteiger partial charge in [-0.25, -0.2) is 0 Å². The van der Waals surface area contributed by atoms with E-state index >= 15 is 0 Å². The molecule has 1 aromatic heterocycles. The van der Waals surface area contributed by atoms with Crippen LogP contribution in [0.3, 0.4) is 0 Å². The second-order valence-corrected chi connectivity index (χ2v) is 4.11. The lowest BCUT2D eigenvalue weighted by Crippen LogP contribution is -2.29. The van der Waals surface area contributed by atoms with Gasteiger partial charge in [0.05, 0.1) is 13.2 Å². The molecule has 1 N–H and O–H groups in total. The van der Waals surface area contributed by atoms with Gasteiger partial charge in [0, 0.05) is 23.2 Å². The largest absolute Gasteiger partial charge is 0.485 e. The molecule has 3 rings (SSSR count). The Labute approximate surface area is 98.8 Å². The van der Waals surface area contributed by atoms with Gasteiger partial charge in [0.25, 0.3) is 0 Å². The lowest BCUT2D eigenvalue weighted by atomic mass is 10.1. The van der Waals surface area contributed by atoms with Crippen molar-refractivity contribution < 1.29 is 14.6 Å². The van der Waals surface area contributed by atoms with Gasteiger partial charge in [0.15, 0.2) is 0 Å². The highest BCUT2D eigenvalue weighted by atomic mass is 16.6. The second-order valence-electron chi connectivity index (χ2n) is 4.11. The number of aliphatic hydroxyl groups excluding tert-OH is 1. The first-order chi connectivity index (χ1) is 8.34. The molecule has 1 fully saturated rings. The molecule has 4 heteroatoms. The standard InChI is InChI=1S/C13H13NO3/c15-11-7-16-8-13(11)17-12-3-1-2-9-6-14-5-4-10(9)12/h1-6,11,13,15H,7-8H2/t11-,13-/m0/s1. The van der Waals surface area contributed by atoms with Crippen LogP contribution < -0.4 is 4.74 Å². The van der Waals surface area contributed by atoms with Crippen LogP contribution in [-0.2, 0) is 4.74 Å². The molecule has 4 nitrogen and oxygen atoms in total. The van der Waals surface area contributed by atoms with E-state index in [0.717, 1.165) is 16.5 Å². The maximum absolute atomic E-state index is 9.66. The van der Waals surface area contributed by atoms with E-state index in [0.29, 0.717) is 13.2 Å². The molecule has 1 saturated heterocycles. The molecule has 2 heterocycles. The van der Waals surface area contributed by atoms with Crippen LogP contribution in [0.15, 0.2) is 36.7 Å². The highest BCUT2D eigenvalue weighted by Crippen LogP contribution is 2.26. The second kappa shape index (κ2) is 4.31. The zero-order valence-corrected chi connectivity index (χ0v) is 9.24. The minimum Gasteiger partial charge on any atom is -0.485 e. The molecule has 0 amide bonds. The van der Waals surface area contributed by atoms with Crippen molar-refractivity contribution in [3.63, 3.8) is 0 Å². The van der Waals surface area contributed by atoms with E-state index in [1.165, 1.54) is 0 Å². The van der Waals surface area contributed by atoms with Crippen molar-refractivity contribution in [3.8, 4) is 5.75 Å². The molecule has 0 unspecified atom stereocenters. The third kappa shape index (κ3) is 1.97. The Morgan fingerprint density at radius 2 is 2.24 bits per heavy atom. The van der Waals surface area contributed by atoms with Crippen molar-refractivity contribution in [1.29, 1.82) is 0 Å². The van der Waals surface area contributed by atoms with E-state index in [9.17, 15) is 5.11 Å². The zero-order chi connectivity index (χ0) is 11.7. The Bertz CT molecular complexity index is 524. The van der Waals surface area contributed by atoms with E-state index < -0.39 is 6.10 Å². The Morgan fingerprint density at radius 1 is 1.29 bits per heavy atom. The van der Waals surface area contributed by atoms with Crippen LogP contribution in [0.4, 0.5) is 0 Å². The summed E-state index contributed by atoms with van der Waals surface area (Å²) in [5, 5.41) is 11.7. The highest BCUT2D eigenvalue weighted by molar-refractivity contribution is 5.87. The Hall–Kier alpha value is -1.65. The average Bonchev–Trinajstić information content (AvgIpc) is 2.76. The Balaban J connectivity index is 1.94. The van der Waals surface area contributed by atoms with E-state index in [2.05, 4.69) is 4.98 Å². The quantitative estimate of drug-likeness (QED) is 0.848. The normalized spacial score (nSPS) is 24.1. The van der Waals surface area contributed by atoms with E-state index in [1.54, 1.807) is 12.4 Å². The van der Waals surface area contributed by atoms with Crippen LogP contribution in [0, 0.1) is 0 Å². The summed E-state index contributed by atoms with van der Waals surface area (Å²) < 4.78 is 11.0. The molecule has 0 spiro atoms. The van der Waals surface area contributed by atoms with Gasteiger partial charge in [0.2, 0.25) is 0 Å². The van der Waals surface area contributed by atoms with Crippen LogP contribution in [0.5, 0.6) is 5.75 Å². The number of aromatic nitrogens is 1. The van der Waals surface area contributed by atoms with Crippen LogP contribution in [0.2, 0.25) is 0 Å². The molecule has 2 atom stereocenters. The summed E-state index contributed by atoms with van der Waals surface area (Å²) in [4.78, 5) is 4.07. The summed E-state index contributed by atoms with van der Waals surface area (Å²) in [6.07, 6.45) is 2.70. The van der Waals surface area contributed by atoms with Crippen molar-refractivity contribution in [2.75, 3.05) is 13.2 Å². The average molecular weight is 231 g/mol. The fraction of sp³-hybridized carbons (Fsp3) is 0.308. The molecule has 0 radical (unpaired) electrons. The number of nitrogens with zero attached hydrogens (tertiary/aromatic N) is 1. The molecule has 0 aliphatic carbocycles. The molecule has 1 aromatic carbocycles. The van der Waals surface area contributed by atoms with Crippen molar-refractivity contribution in [2.24, 2.45) is 0 Å². The van der Waals surface area contributed by atoms with Gasteiger partial charge in [-0.1, -0.05) is 12.1 Å². The molecule has 0 saturated carbocycles. The molecule has 0 bridgehead atoms. The third-order valence-corrected chi connectivity index (χ3v) is 2.92. The smallest absolute Gasteiger partial charge is 0.150 e. The van der Waals surface area contributed by atoms with Crippen LogP contribution in [0.25, 0.3) is 10.8 Å². The van der Waals surface area contributed by atoms with Gasteiger partial charge in [-0.05, 0) is 12.1 Å². The number of rotatable bonds is 2. The molecule has 1 aliphatic heterocycles. The van der Waals surface area contributed by atoms with Crippen molar-refractivity contribution >= 4 is 10.8 Å². The zero-order valence-electron chi connectivity index (χ0n) is 9.24. The maximum atomic E-state index is 9.66. The minimum absolute atomic E-state index is 0.284. The predicted molar refractivity (Wildman–Crippen MR) is 63.0 cm³/mol. The van der Waals surface area contributed by atoms with Gasteiger partial charge in [-0.15, -0.1) is 0 Å². The first-order valence-electron chi connectivity index (χ1n) is 5.60. The maximum Gasteiger partial charge on any atom is 0.150 e. The number of pyridine rings is 1. The van der Waals surface area contributed by atoms with Gasteiger partial charge < -0.3 is 14.6 Å². The number of aliphatic hydroxyl groups is 1. The summed E-state index contributed by atoms with van der Waals surface area (Å²) in [6, 6.07) is 7.71. The fourth-order valence-corrected chi connectivity index (χ4v) is 1.99. The summed E-state index contributed by atoms with van der Waals surface area (Å²) in [5.41, 5.74) is 0. The molecule has 1 aliphatic rings. The Morgan fingerprint density at radius 3 is 3.06 bits per heavy atom. The molecular formula is C13H13NO3. The Kier molecular flexibility index (Phi) is 2.66. The highest BCUT2D eigenvalue weighted by Gasteiger charge is 2.28. The summed E-state index contributed by atoms with van der Waals surface area (Å²) in [6.45, 7) is 0.777. The van der Waals surface area contributed by atoms with Gasteiger partial charge in [-0.3, -0.25) is 4.98 Å². The fourth-order valence-electron chi connectivity index (χ4n) is 1.99. The van der Waals surface area contributed by atoms with E-state index in [4.69, 9.17) is 9.47 Å². The number of hydrogen-bond donors (Lipinski definition) is 1. The third-order valence-electron chi connectivity index (χ3n) is 2.92. The lowest BCUT2D eigenvalue weighted by molar-refractivity contribution is 0.0743. The van der Waals surface area contributed by atoms with Crippen molar-refractivity contribution in [2.45, 2.75) is 12.2 Å². The van der Waals surface area contributed by atoms with E-state index in [1.807, 2.05) is 24.3 Å². The predicted octanol–water partition coefficient (Wildman–Crippen LogP) is 1.37. The minimum atomic E-state index is -0.549. The van der Waals surface area contributed by atoms with Gasteiger partial charge >= 0.3 is 0 Å². The van der Waals surface area contributed by atoms with Crippen molar-refractivity contribution in [3.05, 3.63) is 36.7 Å². The number of fused-ring (bicyclic) bond motifs is 1. The molecule has 17 heavy (non-hydrogen) atoms. The topological polar surface area (TPSA) is 51.6 Å². The van der Waals surface area contributed by atoms with Crippen molar-refractivity contribution in [1.82, 2.24) is 4.98 Å². The first-order valence-corrected chi connectivity index (χ1v) is 5.60. The van der Waals surface area contributed by atoms with Crippen LogP contribution >= 0.6 is 0 Å². The number of ether oxygens (including phenoxy) is 2. The van der Waals surface area contributed by atoms with Gasteiger partial charge in [-0.2, -0.15) is 0 Å². The molecule has 2 aromatic rings. The van der Waals surface area contributed by atoms with Crippen LogP contribution in [0.1, 0.15) is 0 Å². The SMILES string of the molecule is O[C@H]1COC[C@@H]1Oc1cccc2cnccc12. The van der Waals surface area contributed by atoms with Crippen LogP contribution in [-0.4, -0.2) is 35.5 Å². The first kappa shape index (κ1) is 10.5. The molecular weight excluding hydrogens is 218 g/mol. The summed E-state index contributed by atoms with van der Waals surface area (Å²) in [5.74, 6) is 0.763. The lowest BCUT2D eigenvalue weighted by Gasteiger charge is -2.16.